The summed E-state index contributed by atoms with van der Waals surface area (Å²) in [6, 6.07) is 13.3. The summed E-state index contributed by atoms with van der Waals surface area (Å²) in [5, 5.41) is 5.27. The summed E-state index contributed by atoms with van der Waals surface area (Å²) in [5.74, 6) is -2.90. The Morgan fingerprint density at radius 1 is 0.897 bits per heavy atom. The van der Waals surface area contributed by atoms with Gasteiger partial charge in [0.25, 0.3) is 11.8 Å². The highest BCUT2D eigenvalue weighted by Crippen LogP contribution is 2.24. The maximum absolute atomic E-state index is 13.3. The van der Waals surface area contributed by atoms with E-state index >= 15 is 0 Å². The molecule has 0 radical (unpaired) electrons. The van der Waals surface area contributed by atoms with Gasteiger partial charge in [0.05, 0.1) is 0 Å². The number of nitrogens with zero attached hydrogens (tertiary/aromatic N) is 1. The zero-order chi connectivity index (χ0) is 21.0. The van der Waals surface area contributed by atoms with E-state index in [0.29, 0.717) is 5.69 Å². The fraction of sp³-hybridized carbons (Fsp3) is 0.136. The van der Waals surface area contributed by atoms with E-state index in [1.54, 1.807) is 0 Å². The maximum atomic E-state index is 13.3. The van der Waals surface area contributed by atoms with Gasteiger partial charge >= 0.3 is 0 Å². The Balaban J connectivity index is 1.77. The third kappa shape index (κ3) is 4.82. The van der Waals surface area contributed by atoms with Crippen LogP contribution in [-0.2, 0) is 0 Å². The van der Waals surface area contributed by atoms with E-state index in [4.69, 9.17) is 0 Å². The molecular weight excluding hydrogens is 376 g/mol. The van der Waals surface area contributed by atoms with Crippen LogP contribution in [0.2, 0.25) is 0 Å². The molecule has 0 unspecified atom stereocenters. The van der Waals surface area contributed by atoms with Crippen molar-refractivity contribution in [1.82, 2.24) is 4.98 Å². The summed E-state index contributed by atoms with van der Waals surface area (Å²) < 4.78 is 26.3. The van der Waals surface area contributed by atoms with E-state index in [1.165, 1.54) is 24.4 Å². The van der Waals surface area contributed by atoms with Gasteiger partial charge in [-0.3, -0.25) is 14.6 Å². The molecule has 0 spiro atoms. The van der Waals surface area contributed by atoms with Crippen LogP contribution in [0.3, 0.4) is 0 Å². The topological polar surface area (TPSA) is 71.1 Å². The number of nitrogens with one attached hydrogen (secondary N) is 2. The SMILES string of the molecule is CC(C)c1ccccc1NC(=O)c1ccnc(C(=O)Nc2ccc(F)c(F)c2)c1. The molecule has 2 aromatic carbocycles. The minimum atomic E-state index is -1.08. The van der Waals surface area contributed by atoms with Gasteiger partial charge in [0, 0.05) is 29.2 Å². The summed E-state index contributed by atoms with van der Waals surface area (Å²) in [6.07, 6.45) is 1.34. The molecule has 148 valence electrons. The number of pyridine rings is 1. The molecule has 7 heteroatoms. The summed E-state index contributed by atoms with van der Waals surface area (Å²) in [6.45, 7) is 4.05. The minimum Gasteiger partial charge on any atom is -0.322 e. The van der Waals surface area contributed by atoms with Crippen LogP contribution in [0.4, 0.5) is 20.2 Å². The van der Waals surface area contributed by atoms with Crippen molar-refractivity contribution >= 4 is 23.2 Å². The van der Waals surface area contributed by atoms with Crippen molar-refractivity contribution in [3.05, 3.63) is 89.2 Å². The lowest BCUT2D eigenvalue weighted by Gasteiger charge is -2.14. The number of hydrogen-bond acceptors (Lipinski definition) is 3. The fourth-order valence-electron chi connectivity index (χ4n) is 2.77. The quantitative estimate of drug-likeness (QED) is 0.640. The second-order valence-electron chi connectivity index (χ2n) is 6.71. The van der Waals surface area contributed by atoms with Crippen LogP contribution in [-0.4, -0.2) is 16.8 Å². The van der Waals surface area contributed by atoms with E-state index in [0.717, 1.165) is 17.7 Å². The molecule has 0 aliphatic rings. The Kier molecular flexibility index (Phi) is 5.97. The molecule has 3 aromatic rings. The van der Waals surface area contributed by atoms with Gasteiger partial charge in [0.2, 0.25) is 0 Å². The number of carbonyl (C=O) groups excluding carboxylic acids is 2. The van der Waals surface area contributed by atoms with E-state index in [-0.39, 0.29) is 28.8 Å². The first-order chi connectivity index (χ1) is 13.8. The van der Waals surface area contributed by atoms with Crippen LogP contribution >= 0.6 is 0 Å². The number of benzene rings is 2. The van der Waals surface area contributed by atoms with Gasteiger partial charge in [-0.25, -0.2) is 8.78 Å². The Morgan fingerprint density at radius 2 is 1.66 bits per heavy atom. The third-order valence-electron chi connectivity index (χ3n) is 4.26. The Hall–Kier alpha value is -3.61. The van der Waals surface area contributed by atoms with Crippen LogP contribution in [0.5, 0.6) is 0 Å². The maximum Gasteiger partial charge on any atom is 0.274 e. The summed E-state index contributed by atoms with van der Waals surface area (Å²) in [4.78, 5) is 29.0. The molecule has 2 amide bonds. The molecule has 0 fully saturated rings. The van der Waals surface area contributed by atoms with E-state index < -0.39 is 17.5 Å². The van der Waals surface area contributed by atoms with Crippen molar-refractivity contribution in [2.45, 2.75) is 19.8 Å². The van der Waals surface area contributed by atoms with Crippen molar-refractivity contribution in [2.24, 2.45) is 0 Å². The summed E-state index contributed by atoms with van der Waals surface area (Å²) in [5.41, 5.74) is 1.98. The highest BCUT2D eigenvalue weighted by molar-refractivity contribution is 6.08. The van der Waals surface area contributed by atoms with Crippen LogP contribution in [0.1, 0.15) is 46.2 Å². The largest absolute Gasteiger partial charge is 0.322 e. The van der Waals surface area contributed by atoms with Crippen molar-refractivity contribution in [2.75, 3.05) is 10.6 Å². The second-order valence-corrected chi connectivity index (χ2v) is 6.71. The molecule has 0 bridgehead atoms. The molecule has 0 atom stereocenters. The van der Waals surface area contributed by atoms with Crippen LogP contribution in [0, 0.1) is 11.6 Å². The molecular formula is C22H19F2N3O2. The van der Waals surface area contributed by atoms with Gasteiger partial charge in [-0.15, -0.1) is 0 Å². The van der Waals surface area contributed by atoms with E-state index in [2.05, 4.69) is 15.6 Å². The van der Waals surface area contributed by atoms with Crippen LogP contribution in [0.15, 0.2) is 60.8 Å². The molecule has 1 heterocycles. The molecule has 29 heavy (non-hydrogen) atoms. The number of hydrogen-bond donors (Lipinski definition) is 2. The van der Waals surface area contributed by atoms with Gasteiger partial charge < -0.3 is 10.6 Å². The molecule has 5 nitrogen and oxygen atoms in total. The second kappa shape index (κ2) is 8.60. The average molecular weight is 395 g/mol. The first kappa shape index (κ1) is 20.1. The minimum absolute atomic E-state index is 0.0282. The van der Waals surface area contributed by atoms with Gasteiger partial charge in [0.1, 0.15) is 5.69 Å². The smallest absolute Gasteiger partial charge is 0.274 e. The van der Waals surface area contributed by atoms with Gasteiger partial charge in [0.15, 0.2) is 11.6 Å². The zero-order valence-electron chi connectivity index (χ0n) is 15.9. The average Bonchev–Trinajstić information content (AvgIpc) is 2.71. The highest BCUT2D eigenvalue weighted by Gasteiger charge is 2.15. The molecule has 1 aromatic heterocycles. The van der Waals surface area contributed by atoms with Crippen molar-refractivity contribution < 1.29 is 18.4 Å². The molecule has 0 saturated heterocycles. The predicted molar refractivity (Wildman–Crippen MR) is 107 cm³/mol. The van der Waals surface area contributed by atoms with Crippen molar-refractivity contribution in [3.8, 4) is 0 Å². The number of rotatable bonds is 5. The number of anilines is 2. The van der Waals surface area contributed by atoms with Crippen LogP contribution < -0.4 is 10.6 Å². The Labute approximate surface area is 166 Å². The molecule has 0 saturated carbocycles. The molecule has 0 aliphatic heterocycles. The summed E-state index contributed by atoms with van der Waals surface area (Å²) in [7, 11) is 0. The van der Waals surface area contributed by atoms with Gasteiger partial charge in [-0.2, -0.15) is 0 Å². The first-order valence-electron chi connectivity index (χ1n) is 8.98. The lowest BCUT2D eigenvalue weighted by Crippen LogP contribution is -2.17. The Morgan fingerprint density at radius 3 is 2.38 bits per heavy atom. The van der Waals surface area contributed by atoms with Gasteiger partial charge in [-0.05, 0) is 41.8 Å². The highest BCUT2D eigenvalue weighted by atomic mass is 19.2. The fourth-order valence-corrected chi connectivity index (χ4v) is 2.77. The predicted octanol–water partition coefficient (Wildman–Crippen LogP) is 4.99. The number of aromatic nitrogens is 1. The number of para-hydroxylation sites is 1. The van der Waals surface area contributed by atoms with Gasteiger partial charge in [-0.1, -0.05) is 32.0 Å². The van der Waals surface area contributed by atoms with Crippen molar-refractivity contribution in [3.63, 3.8) is 0 Å². The number of halogens is 2. The first-order valence-corrected chi connectivity index (χ1v) is 8.98. The molecule has 0 aliphatic carbocycles. The molecule has 2 N–H and O–H groups in total. The standard InChI is InChI=1S/C22H19F2N3O2/c1-13(2)16-5-3-4-6-19(16)27-21(28)14-9-10-25-20(11-14)22(29)26-15-7-8-17(23)18(24)12-15/h3-13H,1-2H3,(H,26,29)(H,27,28). The van der Waals surface area contributed by atoms with E-state index in [9.17, 15) is 18.4 Å². The normalized spacial score (nSPS) is 10.7. The van der Waals surface area contributed by atoms with E-state index in [1.807, 2.05) is 38.1 Å². The van der Waals surface area contributed by atoms with Crippen LogP contribution in [0.25, 0.3) is 0 Å². The molecule has 3 rings (SSSR count). The zero-order valence-corrected chi connectivity index (χ0v) is 15.9. The summed E-state index contributed by atoms with van der Waals surface area (Å²) >= 11 is 0. The third-order valence-corrected chi connectivity index (χ3v) is 4.26. The lowest BCUT2D eigenvalue weighted by molar-refractivity contribution is 0.102. The number of carbonyl (C=O) groups is 2. The monoisotopic (exact) mass is 395 g/mol. The Bertz CT molecular complexity index is 1070. The number of amides is 2. The van der Waals surface area contributed by atoms with Crippen molar-refractivity contribution in [1.29, 1.82) is 0 Å². The lowest BCUT2D eigenvalue weighted by atomic mass is 10.0.